The lowest BCUT2D eigenvalue weighted by atomic mass is 9.86. The van der Waals surface area contributed by atoms with Crippen LogP contribution in [0.3, 0.4) is 0 Å². The molecule has 0 aromatic heterocycles. The Balaban J connectivity index is 3.24. The van der Waals surface area contributed by atoms with Gasteiger partial charge in [0.15, 0.2) is 17.6 Å². The molecule has 7 N–H and O–H groups in total. The van der Waals surface area contributed by atoms with Gasteiger partial charge in [0.25, 0.3) is 0 Å². The number of imide groups is 1. The molecule has 0 aliphatic rings. The normalized spacial score (nSPS) is 13.8. The van der Waals surface area contributed by atoms with E-state index in [-0.39, 0.29) is 25.0 Å². The molecule has 2 amide bonds. The largest absolute Gasteiger partial charge is 0.508 e. The van der Waals surface area contributed by atoms with Gasteiger partial charge in [0.05, 0.1) is 6.04 Å². The van der Waals surface area contributed by atoms with Gasteiger partial charge in [-0.25, -0.2) is 0 Å². The van der Waals surface area contributed by atoms with Gasteiger partial charge < -0.3 is 27.1 Å². The zero-order chi connectivity index (χ0) is 24.1. The second kappa shape index (κ2) is 13.7. The number of unbranched alkanes of at least 4 members (excludes halogenated alkanes) is 3. The molecule has 0 unspecified atom stereocenters. The zero-order valence-electron chi connectivity index (χ0n) is 18.8. The van der Waals surface area contributed by atoms with Crippen LogP contribution in [0.25, 0.3) is 0 Å². The Bertz CT molecular complexity index is 768. The van der Waals surface area contributed by atoms with Crippen LogP contribution in [0.1, 0.15) is 57.4 Å². The molecule has 1 rings (SSSR count). The first-order chi connectivity index (χ1) is 15.2. The molecule has 0 heterocycles. The molecule has 2 atom stereocenters. The summed E-state index contributed by atoms with van der Waals surface area (Å²) < 4.78 is 0. The molecule has 32 heavy (non-hydrogen) atoms. The quantitative estimate of drug-likeness (QED) is 0.173. The summed E-state index contributed by atoms with van der Waals surface area (Å²) in [4.78, 5) is 52.2. The van der Waals surface area contributed by atoms with E-state index in [1.165, 1.54) is 19.1 Å². The molecule has 0 aliphatic heterocycles. The van der Waals surface area contributed by atoms with Crippen molar-refractivity contribution in [3.8, 4) is 5.75 Å². The Labute approximate surface area is 189 Å². The SMILES string of the molecule is CC(=O)[C@@](C=O)(CCCCN)N(C(=O)CCCCCN)C(=O)[C@@H](N)Cc1ccc(O)cc1. The molecule has 1 aromatic rings. The van der Waals surface area contributed by atoms with E-state index in [0.717, 1.165) is 11.3 Å². The molecular weight excluding hydrogens is 412 g/mol. The summed E-state index contributed by atoms with van der Waals surface area (Å²) in [7, 11) is 0. The summed E-state index contributed by atoms with van der Waals surface area (Å²) in [5, 5.41) is 9.44. The number of phenolic OH excluding ortho intramolecular Hbond substituents is 1. The minimum absolute atomic E-state index is 0.00255. The molecule has 0 saturated heterocycles. The van der Waals surface area contributed by atoms with Gasteiger partial charge in [0.2, 0.25) is 11.8 Å². The van der Waals surface area contributed by atoms with E-state index < -0.39 is 29.2 Å². The van der Waals surface area contributed by atoms with Crippen LogP contribution < -0.4 is 17.2 Å². The highest BCUT2D eigenvalue weighted by molar-refractivity contribution is 6.11. The number of rotatable bonds is 15. The van der Waals surface area contributed by atoms with Crippen molar-refractivity contribution in [3.05, 3.63) is 29.8 Å². The van der Waals surface area contributed by atoms with Crippen molar-refractivity contribution in [1.29, 1.82) is 0 Å². The fourth-order valence-corrected chi connectivity index (χ4v) is 3.57. The van der Waals surface area contributed by atoms with Gasteiger partial charge >= 0.3 is 0 Å². The number of hydrogen-bond acceptors (Lipinski definition) is 8. The zero-order valence-corrected chi connectivity index (χ0v) is 18.8. The highest BCUT2D eigenvalue weighted by Crippen LogP contribution is 2.26. The van der Waals surface area contributed by atoms with Gasteiger partial charge in [-0.3, -0.25) is 19.3 Å². The number of carbonyl (C=O) groups excluding carboxylic acids is 4. The van der Waals surface area contributed by atoms with Crippen molar-refractivity contribution >= 4 is 23.9 Å². The van der Waals surface area contributed by atoms with Gasteiger partial charge in [-0.05, 0) is 76.2 Å². The second-order valence-corrected chi connectivity index (χ2v) is 7.99. The molecule has 9 heteroatoms. The van der Waals surface area contributed by atoms with E-state index in [1.807, 2.05) is 0 Å². The third-order valence-corrected chi connectivity index (χ3v) is 5.49. The third-order valence-electron chi connectivity index (χ3n) is 5.49. The third kappa shape index (κ3) is 7.51. The lowest BCUT2D eigenvalue weighted by Gasteiger charge is -2.38. The van der Waals surface area contributed by atoms with Crippen molar-refractivity contribution in [3.63, 3.8) is 0 Å². The molecule has 0 aliphatic carbocycles. The molecule has 178 valence electrons. The van der Waals surface area contributed by atoms with Crippen LogP contribution in [0.15, 0.2) is 24.3 Å². The van der Waals surface area contributed by atoms with E-state index in [4.69, 9.17) is 17.2 Å². The molecule has 0 saturated carbocycles. The van der Waals surface area contributed by atoms with E-state index in [0.29, 0.717) is 50.6 Å². The van der Waals surface area contributed by atoms with E-state index in [9.17, 15) is 24.3 Å². The topological polar surface area (TPSA) is 170 Å². The van der Waals surface area contributed by atoms with Crippen LogP contribution in [-0.4, -0.2) is 58.6 Å². The highest BCUT2D eigenvalue weighted by Gasteiger charge is 2.48. The summed E-state index contributed by atoms with van der Waals surface area (Å²) in [5.41, 5.74) is 15.9. The van der Waals surface area contributed by atoms with Gasteiger partial charge in [0.1, 0.15) is 5.75 Å². The van der Waals surface area contributed by atoms with Crippen molar-refractivity contribution in [2.75, 3.05) is 13.1 Å². The minimum atomic E-state index is -1.91. The van der Waals surface area contributed by atoms with Crippen LogP contribution in [0.5, 0.6) is 5.75 Å². The summed E-state index contributed by atoms with van der Waals surface area (Å²) in [6, 6.07) is 5.00. The number of carbonyl (C=O) groups is 4. The predicted molar refractivity (Wildman–Crippen MR) is 122 cm³/mol. The summed E-state index contributed by atoms with van der Waals surface area (Å²) in [5.74, 6) is -1.91. The standard InChI is InChI=1S/C23H36N4O5/c1-17(29)23(16-28,12-4-6-14-25)27(21(31)7-3-2-5-13-24)22(32)20(26)15-18-8-10-19(30)11-9-18/h8-11,16,20,30H,2-7,12-15,24-26H2,1H3/t20-,23-/m0/s1. The van der Waals surface area contributed by atoms with Crippen molar-refractivity contribution in [2.24, 2.45) is 17.2 Å². The molecular formula is C23H36N4O5. The molecule has 0 bridgehead atoms. The Morgan fingerprint density at radius 3 is 2.16 bits per heavy atom. The maximum absolute atomic E-state index is 13.4. The van der Waals surface area contributed by atoms with Crippen LogP contribution in [0, 0.1) is 0 Å². The van der Waals surface area contributed by atoms with Crippen LogP contribution in [0.2, 0.25) is 0 Å². The molecule has 0 fully saturated rings. The molecule has 9 nitrogen and oxygen atoms in total. The number of hydrogen-bond donors (Lipinski definition) is 4. The smallest absolute Gasteiger partial charge is 0.247 e. The Morgan fingerprint density at radius 2 is 1.62 bits per heavy atom. The molecule has 0 radical (unpaired) electrons. The number of Topliss-reactive ketones (excluding diaryl/α,β-unsaturated/α-hetero) is 1. The first-order valence-electron chi connectivity index (χ1n) is 11.0. The average molecular weight is 449 g/mol. The lowest BCUT2D eigenvalue weighted by Crippen LogP contribution is -2.63. The highest BCUT2D eigenvalue weighted by atomic mass is 16.3. The summed E-state index contributed by atoms with van der Waals surface area (Å²) >= 11 is 0. The van der Waals surface area contributed by atoms with Crippen molar-refractivity contribution in [1.82, 2.24) is 4.90 Å². The monoisotopic (exact) mass is 448 g/mol. The van der Waals surface area contributed by atoms with Crippen molar-refractivity contribution < 1.29 is 24.3 Å². The minimum Gasteiger partial charge on any atom is -0.508 e. The molecule has 1 aromatic carbocycles. The molecule has 0 spiro atoms. The summed E-state index contributed by atoms with van der Waals surface area (Å²) in [6.07, 6.45) is 3.27. The predicted octanol–water partition coefficient (Wildman–Crippen LogP) is 0.792. The van der Waals surface area contributed by atoms with Crippen LogP contribution in [-0.2, 0) is 25.6 Å². The fraction of sp³-hybridized carbons (Fsp3) is 0.565. The van der Waals surface area contributed by atoms with Crippen molar-refractivity contribution in [2.45, 2.75) is 69.9 Å². The van der Waals surface area contributed by atoms with Gasteiger partial charge in [-0.2, -0.15) is 0 Å². The number of phenols is 1. The number of benzene rings is 1. The van der Waals surface area contributed by atoms with E-state index in [2.05, 4.69) is 0 Å². The van der Waals surface area contributed by atoms with E-state index >= 15 is 0 Å². The number of ketones is 1. The Hall–Kier alpha value is -2.62. The van der Waals surface area contributed by atoms with E-state index in [1.54, 1.807) is 12.1 Å². The fourth-order valence-electron chi connectivity index (χ4n) is 3.57. The van der Waals surface area contributed by atoms with Gasteiger partial charge in [-0.15, -0.1) is 0 Å². The second-order valence-electron chi connectivity index (χ2n) is 7.99. The number of aromatic hydroxyl groups is 1. The number of nitrogens with two attached hydrogens (primary N) is 3. The maximum Gasteiger partial charge on any atom is 0.247 e. The first-order valence-corrected chi connectivity index (χ1v) is 11.0. The number of amides is 2. The van der Waals surface area contributed by atoms with Gasteiger partial charge in [0, 0.05) is 6.42 Å². The lowest BCUT2D eigenvalue weighted by molar-refractivity contribution is -0.161. The number of nitrogens with zero attached hydrogens (tertiary/aromatic N) is 1. The maximum atomic E-state index is 13.4. The Morgan fingerprint density at radius 1 is 1.03 bits per heavy atom. The first kappa shape index (κ1) is 27.4. The summed E-state index contributed by atoms with van der Waals surface area (Å²) in [6.45, 7) is 2.04. The van der Waals surface area contributed by atoms with Crippen LogP contribution >= 0.6 is 0 Å². The van der Waals surface area contributed by atoms with Gasteiger partial charge in [-0.1, -0.05) is 18.6 Å². The number of aldehydes is 1. The average Bonchev–Trinajstić information content (AvgIpc) is 2.77. The Kier molecular flexibility index (Phi) is 11.8. The van der Waals surface area contributed by atoms with Crippen LogP contribution in [0.4, 0.5) is 0 Å².